The van der Waals surface area contributed by atoms with Gasteiger partial charge in [0, 0.05) is 26.2 Å². The van der Waals surface area contributed by atoms with Crippen molar-refractivity contribution >= 4 is 39.7 Å². The number of nitrogens with two attached hydrogens (primary N) is 1. The molecule has 68 valence electrons. The van der Waals surface area contributed by atoms with Gasteiger partial charge >= 0.3 is 0 Å². The van der Waals surface area contributed by atoms with E-state index in [9.17, 15) is 0 Å². The Balaban J connectivity index is 2.85. The fourth-order valence-corrected chi connectivity index (χ4v) is 2.58. The monoisotopic (exact) mass is 211 g/mol. The first-order chi connectivity index (χ1) is 6.24. The van der Waals surface area contributed by atoms with E-state index < -0.39 is 0 Å². The number of aliphatic hydroxyl groups is 1. The Labute approximate surface area is 85.4 Å². The maximum absolute atomic E-state index is 9.07. The lowest BCUT2D eigenvalue weighted by Gasteiger charge is -2.06. The number of hydrogen-bond acceptors (Lipinski definition) is 4. The lowest BCUT2D eigenvalue weighted by molar-refractivity contribution is 0.280. The van der Waals surface area contributed by atoms with Gasteiger partial charge in [0.2, 0.25) is 0 Å². The Morgan fingerprint density at radius 3 is 3.00 bits per heavy atom. The van der Waals surface area contributed by atoms with Crippen LogP contribution >= 0.6 is 24.0 Å². The van der Waals surface area contributed by atoms with E-state index in [1.54, 1.807) is 11.3 Å². The molecule has 4 heteroatoms. The molecule has 0 aliphatic carbocycles. The quantitative estimate of drug-likeness (QED) is 0.500. The van der Waals surface area contributed by atoms with Crippen molar-refractivity contribution in [3.8, 4) is 0 Å². The van der Waals surface area contributed by atoms with Crippen LogP contribution in [0.15, 0.2) is 22.4 Å². The van der Waals surface area contributed by atoms with Crippen molar-refractivity contribution in [2.75, 3.05) is 5.73 Å². The molecule has 0 radical (unpaired) electrons. The fraction of sp³-hybridized carbons (Fsp3) is 0.111. The second-order valence-electron chi connectivity index (χ2n) is 2.78. The average molecular weight is 211 g/mol. The molecule has 0 fully saturated rings. The van der Waals surface area contributed by atoms with E-state index in [2.05, 4.69) is 12.6 Å². The predicted octanol–water partition coefficient (Wildman–Crippen LogP) is 2.26. The molecular weight excluding hydrogens is 202 g/mol. The van der Waals surface area contributed by atoms with Gasteiger partial charge in [-0.3, -0.25) is 0 Å². The van der Waals surface area contributed by atoms with Crippen molar-refractivity contribution in [3.63, 3.8) is 0 Å². The molecule has 2 rings (SSSR count). The fourth-order valence-electron chi connectivity index (χ4n) is 1.33. The minimum Gasteiger partial charge on any atom is -0.398 e. The number of aliphatic hydroxyl groups excluding tert-OH is 1. The number of fused-ring (bicyclic) bond motifs is 1. The Morgan fingerprint density at radius 2 is 2.31 bits per heavy atom. The number of benzene rings is 1. The number of thiophene rings is 1. The molecule has 0 aliphatic rings. The second kappa shape index (κ2) is 3.21. The highest BCUT2D eigenvalue weighted by atomic mass is 32.1. The summed E-state index contributed by atoms with van der Waals surface area (Å²) in [7, 11) is 0. The number of hydrogen-bond donors (Lipinski definition) is 3. The summed E-state index contributed by atoms with van der Waals surface area (Å²) in [5.41, 5.74) is 7.23. The van der Waals surface area contributed by atoms with Gasteiger partial charge in [0.15, 0.2) is 0 Å². The maximum Gasteiger partial charge on any atom is 0.0713 e. The third-order valence-electron chi connectivity index (χ3n) is 2.05. The minimum atomic E-state index is -0.0591. The molecule has 0 saturated heterocycles. The molecule has 0 amide bonds. The van der Waals surface area contributed by atoms with Crippen molar-refractivity contribution in [2.45, 2.75) is 11.5 Å². The third kappa shape index (κ3) is 1.31. The van der Waals surface area contributed by atoms with Crippen LogP contribution < -0.4 is 5.73 Å². The van der Waals surface area contributed by atoms with E-state index in [0.717, 1.165) is 15.0 Å². The van der Waals surface area contributed by atoms with Crippen molar-refractivity contribution in [2.24, 2.45) is 0 Å². The van der Waals surface area contributed by atoms with E-state index in [1.807, 2.05) is 17.5 Å². The minimum absolute atomic E-state index is 0.0591. The molecule has 1 aromatic heterocycles. The summed E-state index contributed by atoms with van der Waals surface area (Å²) in [5, 5.41) is 12.1. The average Bonchev–Trinajstić information content (AvgIpc) is 2.53. The smallest absolute Gasteiger partial charge is 0.0713 e. The molecular formula is C9H9NOS2. The zero-order valence-electron chi connectivity index (χ0n) is 6.82. The first-order valence-electron chi connectivity index (χ1n) is 3.82. The Hall–Kier alpha value is -0.710. The predicted molar refractivity (Wildman–Crippen MR) is 59.4 cm³/mol. The van der Waals surface area contributed by atoms with E-state index in [1.165, 1.54) is 0 Å². The van der Waals surface area contributed by atoms with Crippen LogP contribution in [0, 0.1) is 0 Å². The summed E-state index contributed by atoms with van der Waals surface area (Å²) in [6, 6.07) is 3.90. The van der Waals surface area contributed by atoms with E-state index in [4.69, 9.17) is 10.8 Å². The first-order valence-corrected chi connectivity index (χ1v) is 5.15. The standard InChI is InChI=1S/C9H9NOS2/c10-9-5-1-2-13-8(5)3-7(12)6(9)4-11/h1-3,11-12H,4,10H2. The van der Waals surface area contributed by atoms with Crippen molar-refractivity contribution in [3.05, 3.63) is 23.1 Å². The van der Waals surface area contributed by atoms with E-state index in [-0.39, 0.29) is 6.61 Å². The number of thiol groups is 1. The van der Waals surface area contributed by atoms with Crippen LogP contribution in [0.5, 0.6) is 0 Å². The maximum atomic E-state index is 9.07. The Kier molecular flexibility index (Phi) is 2.19. The van der Waals surface area contributed by atoms with Gasteiger partial charge < -0.3 is 10.8 Å². The summed E-state index contributed by atoms with van der Waals surface area (Å²) < 4.78 is 1.11. The molecule has 0 unspecified atom stereocenters. The van der Waals surface area contributed by atoms with Gasteiger partial charge in [-0.1, -0.05) is 0 Å². The van der Waals surface area contributed by atoms with Gasteiger partial charge in [0.25, 0.3) is 0 Å². The van der Waals surface area contributed by atoms with Crippen LogP contribution in [0.1, 0.15) is 5.56 Å². The Morgan fingerprint density at radius 1 is 1.54 bits per heavy atom. The van der Waals surface area contributed by atoms with E-state index >= 15 is 0 Å². The molecule has 0 atom stereocenters. The molecule has 3 N–H and O–H groups in total. The van der Waals surface area contributed by atoms with Gasteiger partial charge in [-0.25, -0.2) is 0 Å². The molecule has 0 bridgehead atoms. The SMILES string of the molecule is Nc1c(CO)c(S)cc2sccc12. The highest BCUT2D eigenvalue weighted by molar-refractivity contribution is 7.80. The molecule has 1 aromatic carbocycles. The lowest BCUT2D eigenvalue weighted by atomic mass is 10.1. The van der Waals surface area contributed by atoms with E-state index in [0.29, 0.717) is 11.3 Å². The van der Waals surface area contributed by atoms with Crippen molar-refractivity contribution < 1.29 is 5.11 Å². The van der Waals surface area contributed by atoms with Crippen LogP contribution in [0.4, 0.5) is 5.69 Å². The lowest BCUT2D eigenvalue weighted by Crippen LogP contribution is -1.95. The molecule has 2 nitrogen and oxygen atoms in total. The summed E-state index contributed by atoms with van der Waals surface area (Å²) in [4.78, 5) is 0.759. The number of nitrogen functional groups attached to an aromatic ring is 1. The number of anilines is 1. The third-order valence-corrected chi connectivity index (χ3v) is 3.31. The molecule has 0 aliphatic heterocycles. The zero-order chi connectivity index (χ0) is 9.42. The van der Waals surface area contributed by atoms with Gasteiger partial charge in [-0.05, 0) is 17.5 Å². The van der Waals surface area contributed by atoms with Crippen LogP contribution in [-0.2, 0) is 6.61 Å². The van der Waals surface area contributed by atoms with Crippen LogP contribution in [0.2, 0.25) is 0 Å². The largest absolute Gasteiger partial charge is 0.398 e. The highest BCUT2D eigenvalue weighted by Gasteiger charge is 2.08. The Bertz CT molecular complexity index is 450. The van der Waals surface area contributed by atoms with Gasteiger partial charge in [0.1, 0.15) is 0 Å². The number of rotatable bonds is 1. The second-order valence-corrected chi connectivity index (χ2v) is 4.21. The summed E-state index contributed by atoms with van der Waals surface area (Å²) in [5.74, 6) is 0. The topological polar surface area (TPSA) is 46.2 Å². The van der Waals surface area contributed by atoms with Gasteiger partial charge in [-0.15, -0.1) is 24.0 Å². The zero-order valence-corrected chi connectivity index (χ0v) is 8.53. The summed E-state index contributed by atoms with van der Waals surface area (Å²) >= 11 is 5.89. The van der Waals surface area contributed by atoms with Gasteiger partial charge in [0.05, 0.1) is 6.61 Å². The van der Waals surface area contributed by atoms with Crippen LogP contribution in [0.3, 0.4) is 0 Å². The summed E-state index contributed by atoms with van der Waals surface area (Å²) in [6.45, 7) is -0.0591. The molecule has 1 heterocycles. The normalized spacial score (nSPS) is 10.9. The first kappa shape index (κ1) is 8.87. The highest BCUT2D eigenvalue weighted by Crippen LogP contribution is 2.33. The van der Waals surface area contributed by atoms with Crippen molar-refractivity contribution in [1.82, 2.24) is 0 Å². The van der Waals surface area contributed by atoms with Crippen molar-refractivity contribution in [1.29, 1.82) is 0 Å². The molecule has 0 saturated carbocycles. The summed E-state index contributed by atoms with van der Waals surface area (Å²) in [6.07, 6.45) is 0. The van der Waals surface area contributed by atoms with Gasteiger partial charge in [-0.2, -0.15) is 0 Å². The molecule has 2 aromatic rings. The van der Waals surface area contributed by atoms with Crippen LogP contribution in [0.25, 0.3) is 10.1 Å². The molecule has 0 spiro atoms. The van der Waals surface area contributed by atoms with Crippen LogP contribution in [-0.4, -0.2) is 5.11 Å². The molecule has 13 heavy (non-hydrogen) atoms.